The number of hydrazine groups is 1. The summed E-state index contributed by atoms with van der Waals surface area (Å²) < 4.78 is 5.46. The Hall–Kier alpha value is -3.71. The van der Waals surface area contributed by atoms with Crippen molar-refractivity contribution >= 4 is 41.4 Å². The average molecular weight is 449 g/mol. The van der Waals surface area contributed by atoms with E-state index in [0.29, 0.717) is 11.3 Å². The van der Waals surface area contributed by atoms with Gasteiger partial charge in [-0.2, -0.15) is 5.01 Å². The molecule has 0 atom stereocenters. The summed E-state index contributed by atoms with van der Waals surface area (Å²) in [5.74, 6) is -0.502. The Morgan fingerprint density at radius 1 is 0.969 bits per heavy atom. The fourth-order valence-electron chi connectivity index (χ4n) is 2.75. The normalized spacial score (nSPS) is 11.2. The van der Waals surface area contributed by atoms with Crippen LogP contribution in [0.4, 0.5) is 10.5 Å². The summed E-state index contributed by atoms with van der Waals surface area (Å²) in [5.41, 5.74) is 4.63. The molecule has 3 aromatic rings. The Balaban J connectivity index is 1.79. The highest BCUT2D eigenvalue weighted by Crippen LogP contribution is 2.27. The number of ether oxygens (including phenoxy) is 1. The molecule has 0 aliphatic rings. The van der Waals surface area contributed by atoms with Gasteiger partial charge in [-0.3, -0.25) is 15.0 Å². The SMILES string of the molecule is CC(C)(C)OC(=O)N(NC(=O)C=Cc1ccc(C=O)cc1)c1ccc(-c2cccs2)cc1. The fraction of sp³-hybridized carbons (Fsp3) is 0.160. The van der Waals surface area contributed by atoms with E-state index in [4.69, 9.17) is 4.74 Å². The van der Waals surface area contributed by atoms with Crippen molar-refractivity contribution in [3.63, 3.8) is 0 Å². The van der Waals surface area contributed by atoms with Crippen LogP contribution in [0.25, 0.3) is 16.5 Å². The number of aldehydes is 1. The maximum Gasteiger partial charge on any atom is 0.434 e. The second-order valence-electron chi connectivity index (χ2n) is 7.93. The van der Waals surface area contributed by atoms with Gasteiger partial charge in [-0.05, 0) is 61.6 Å². The first kappa shape index (κ1) is 23.0. The smallest absolute Gasteiger partial charge is 0.434 e. The van der Waals surface area contributed by atoms with Crippen LogP contribution >= 0.6 is 11.3 Å². The molecule has 6 nitrogen and oxygen atoms in total. The van der Waals surface area contributed by atoms with Gasteiger partial charge < -0.3 is 4.74 Å². The molecule has 0 fully saturated rings. The summed E-state index contributed by atoms with van der Waals surface area (Å²) in [6.45, 7) is 5.27. The van der Waals surface area contributed by atoms with Gasteiger partial charge in [0.25, 0.3) is 5.91 Å². The third-order valence-corrected chi connectivity index (χ3v) is 5.15. The number of thiophene rings is 1. The van der Waals surface area contributed by atoms with Crippen molar-refractivity contribution in [1.82, 2.24) is 5.43 Å². The molecule has 0 aliphatic carbocycles. The van der Waals surface area contributed by atoms with Gasteiger partial charge in [0.2, 0.25) is 0 Å². The van der Waals surface area contributed by atoms with E-state index in [0.717, 1.165) is 27.3 Å². The lowest BCUT2D eigenvalue weighted by Gasteiger charge is -2.27. The van der Waals surface area contributed by atoms with Gasteiger partial charge in [-0.15, -0.1) is 11.3 Å². The lowest BCUT2D eigenvalue weighted by Crippen LogP contribution is -2.48. The Morgan fingerprint density at radius 3 is 2.19 bits per heavy atom. The quantitative estimate of drug-likeness (QED) is 0.308. The van der Waals surface area contributed by atoms with Crippen LogP contribution in [-0.2, 0) is 9.53 Å². The molecule has 0 saturated carbocycles. The summed E-state index contributed by atoms with van der Waals surface area (Å²) in [6, 6.07) is 18.0. The molecule has 3 rings (SSSR count). The number of anilines is 1. The van der Waals surface area contributed by atoms with Crippen LogP contribution < -0.4 is 10.4 Å². The maximum absolute atomic E-state index is 12.8. The Labute approximate surface area is 191 Å². The van der Waals surface area contributed by atoms with E-state index in [1.165, 1.54) is 6.08 Å². The van der Waals surface area contributed by atoms with Crippen molar-refractivity contribution in [2.24, 2.45) is 0 Å². The van der Waals surface area contributed by atoms with Gasteiger partial charge in [-0.1, -0.05) is 42.5 Å². The molecule has 1 aromatic heterocycles. The summed E-state index contributed by atoms with van der Waals surface area (Å²) in [5, 5.41) is 3.08. The molecule has 0 saturated heterocycles. The van der Waals surface area contributed by atoms with Crippen molar-refractivity contribution < 1.29 is 19.1 Å². The number of benzene rings is 2. The van der Waals surface area contributed by atoms with E-state index in [2.05, 4.69) is 5.43 Å². The number of rotatable bonds is 5. The van der Waals surface area contributed by atoms with Crippen LogP contribution in [0.5, 0.6) is 0 Å². The lowest BCUT2D eigenvalue weighted by molar-refractivity contribution is -0.116. The molecule has 0 aliphatic heterocycles. The zero-order valence-corrected chi connectivity index (χ0v) is 18.9. The third kappa shape index (κ3) is 6.39. The molecule has 1 heterocycles. The number of amides is 2. The topological polar surface area (TPSA) is 75.7 Å². The van der Waals surface area contributed by atoms with Crippen molar-refractivity contribution in [3.8, 4) is 10.4 Å². The number of hydrogen-bond donors (Lipinski definition) is 1. The van der Waals surface area contributed by atoms with Crippen LogP contribution in [0.3, 0.4) is 0 Å². The van der Waals surface area contributed by atoms with Crippen LogP contribution in [0, 0.1) is 0 Å². The molecule has 32 heavy (non-hydrogen) atoms. The zero-order chi connectivity index (χ0) is 23.1. The first-order valence-electron chi connectivity index (χ1n) is 9.96. The van der Waals surface area contributed by atoms with Crippen molar-refractivity contribution in [2.45, 2.75) is 26.4 Å². The minimum Gasteiger partial charge on any atom is -0.442 e. The van der Waals surface area contributed by atoms with E-state index in [-0.39, 0.29) is 0 Å². The number of nitrogens with zero attached hydrogens (tertiary/aromatic N) is 1. The van der Waals surface area contributed by atoms with Crippen LogP contribution in [0.2, 0.25) is 0 Å². The van der Waals surface area contributed by atoms with E-state index in [1.807, 2.05) is 29.6 Å². The first-order chi connectivity index (χ1) is 15.2. The number of carbonyl (C=O) groups is 3. The highest BCUT2D eigenvalue weighted by Gasteiger charge is 2.24. The van der Waals surface area contributed by atoms with E-state index < -0.39 is 17.6 Å². The van der Waals surface area contributed by atoms with Crippen LogP contribution in [-0.4, -0.2) is 23.9 Å². The second kappa shape index (κ2) is 10.1. The van der Waals surface area contributed by atoms with Gasteiger partial charge in [0, 0.05) is 16.5 Å². The molecule has 0 spiro atoms. The molecule has 0 bridgehead atoms. The van der Waals surface area contributed by atoms with Crippen LogP contribution in [0.1, 0.15) is 36.7 Å². The standard InChI is InChI=1S/C25H24N2O4S/c1-25(2,3)31-24(30)27(21-13-11-20(12-14-21)22-5-4-16-32-22)26-23(29)15-10-18-6-8-19(17-28)9-7-18/h4-17H,1-3H3,(H,26,29). The molecular weight excluding hydrogens is 424 g/mol. The third-order valence-electron chi connectivity index (χ3n) is 4.23. The molecule has 0 unspecified atom stereocenters. The van der Waals surface area contributed by atoms with E-state index in [9.17, 15) is 14.4 Å². The lowest BCUT2D eigenvalue weighted by atomic mass is 10.1. The summed E-state index contributed by atoms with van der Waals surface area (Å²) in [4.78, 5) is 37.2. The molecule has 2 aromatic carbocycles. The van der Waals surface area contributed by atoms with Crippen molar-refractivity contribution in [1.29, 1.82) is 0 Å². The average Bonchev–Trinajstić information content (AvgIpc) is 3.30. The Bertz CT molecular complexity index is 1100. The maximum atomic E-state index is 12.8. The van der Waals surface area contributed by atoms with Gasteiger partial charge in [0.15, 0.2) is 0 Å². The van der Waals surface area contributed by atoms with Gasteiger partial charge >= 0.3 is 6.09 Å². The molecule has 0 radical (unpaired) electrons. The van der Waals surface area contributed by atoms with Crippen molar-refractivity contribution in [3.05, 3.63) is 83.2 Å². The summed E-state index contributed by atoms with van der Waals surface area (Å²) in [7, 11) is 0. The monoisotopic (exact) mass is 448 g/mol. The molecule has 7 heteroatoms. The predicted molar refractivity (Wildman–Crippen MR) is 127 cm³/mol. The minimum absolute atomic E-state index is 0.469. The molecule has 164 valence electrons. The summed E-state index contributed by atoms with van der Waals surface area (Å²) in [6.07, 6.45) is 2.96. The van der Waals surface area contributed by atoms with Crippen LogP contribution in [0.15, 0.2) is 72.1 Å². The van der Waals surface area contributed by atoms with Gasteiger partial charge in [-0.25, -0.2) is 4.79 Å². The van der Waals surface area contributed by atoms with Gasteiger partial charge in [0.1, 0.15) is 11.9 Å². The Morgan fingerprint density at radius 2 is 1.62 bits per heavy atom. The summed E-state index contributed by atoms with van der Waals surface area (Å²) >= 11 is 1.62. The van der Waals surface area contributed by atoms with E-state index >= 15 is 0 Å². The molecule has 1 N–H and O–H groups in total. The van der Waals surface area contributed by atoms with E-state index in [1.54, 1.807) is 74.6 Å². The predicted octanol–water partition coefficient (Wildman–Crippen LogP) is 5.71. The second-order valence-corrected chi connectivity index (χ2v) is 8.88. The number of carbonyl (C=O) groups excluding carboxylic acids is 3. The highest BCUT2D eigenvalue weighted by molar-refractivity contribution is 7.13. The minimum atomic E-state index is -0.729. The Kier molecular flexibility index (Phi) is 7.22. The van der Waals surface area contributed by atoms with Crippen molar-refractivity contribution in [2.75, 3.05) is 5.01 Å². The molecule has 2 amide bonds. The first-order valence-corrected chi connectivity index (χ1v) is 10.8. The number of nitrogens with one attached hydrogen (secondary N) is 1. The zero-order valence-electron chi connectivity index (χ0n) is 18.1. The number of hydrogen-bond acceptors (Lipinski definition) is 5. The fourth-order valence-corrected chi connectivity index (χ4v) is 3.48. The largest absolute Gasteiger partial charge is 0.442 e. The molecular formula is C25H24N2O4S. The van der Waals surface area contributed by atoms with Gasteiger partial charge in [0.05, 0.1) is 5.69 Å². The highest BCUT2D eigenvalue weighted by atomic mass is 32.1.